The number of anilines is 1. The Labute approximate surface area is 163 Å². The third-order valence-corrected chi connectivity index (χ3v) is 4.97. The number of carbonyl (C=O) groups is 1. The average molecular weight is 396 g/mol. The van der Waals surface area contributed by atoms with Crippen LogP contribution in [0, 0.1) is 11.6 Å². The zero-order valence-electron chi connectivity index (χ0n) is 14.7. The Morgan fingerprint density at radius 3 is 2.50 bits per heavy atom. The number of carbonyl (C=O) groups excluding carboxylic acids is 1. The van der Waals surface area contributed by atoms with Crippen molar-refractivity contribution in [1.29, 1.82) is 0 Å². The van der Waals surface area contributed by atoms with Gasteiger partial charge in [-0.25, -0.2) is 13.8 Å². The molecule has 8 heteroatoms. The van der Waals surface area contributed by atoms with E-state index in [0.717, 1.165) is 28.3 Å². The van der Waals surface area contributed by atoms with E-state index in [9.17, 15) is 13.6 Å². The van der Waals surface area contributed by atoms with Crippen molar-refractivity contribution in [2.24, 2.45) is 7.05 Å². The molecule has 0 aliphatic heterocycles. The molecule has 1 amide bonds. The zero-order chi connectivity index (χ0) is 19.7. The smallest absolute Gasteiger partial charge is 0.276 e. The first-order valence-corrected chi connectivity index (χ1v) is 9.20. The van der Waals surface area contributed by atoms with Crippen LogP contribution in [-0.4, -0.2) is 20.7 Å². The van der Waals surface area contributed by atoms with Crippen molar-refractivity contribution in [2.75, 3.05) is 5.32 Å². The number of amides is 1. The summed E-state index contributed by atoms with van der Waals surface area (Å²) in [7, 11) is 1.70. The predicted molar refractivity (Wildman–Crippen MR) is 104 cm³/mol. The fourth-order valence-electron chi connectivity index (χ4n) is 2.82. The normalized spacial score (nSPS) is 10.8. The summed E-state index contributed by atoms with van der Waals surface area (Å²) in [4.78, 5) is 16.7. The highest BCUT2D eigenvalue weighted by Gasteiger charge is 2.18. The molecule has 0 saturated heterocycles. The average Bonchev–Trinajstić information content (AvgIpc) is 3.35. The van der Waals surface area contributed by atoms with Gasteiger partial charge in [0.05, 0.1) is 5.69 Å². The lowest BCUT2D eigenvalue weighted by Gasteiger charge is -2.05. The molecular weight excluding hydrogens is 382 g/mol. The summed E-state index contributed by atoms with van der Waals surface area (Å²) >= 11 is 1.53. The lowest BCUT2D eigenvalue weighted by Crippen LogP contribution is -2.15. The molecule has 140 valence electrons. The van der Waals surface area contributed by atoms with Crippen LogP contribution in [0.15, 0.2) is 60.1 Å². The number of halogens is 2. The summed E-state index contributed by atoms with van der Waals surface area (Å²) in [5.74, 6) is -2.39. The predicted octanol–water partition coefficient (Wildman–Crippen LogP) is 4.74. The molecule has 1 N–H and O–H groups in total. The summed E-state index contributed by atoms with van der Waals surface area (Å²) in [6.07, 6.45) is 1.74. The Kier molecular flexibility index (Phi) is 4.70. The minimum Gasteiger partial charge on any atom is -0.316 e. The van der Waals surface area contributed by atoms with E-state index in [0.29, 0.717) is 5.69 Å². The van der Waals surface area contributed by atoms with E-state index in [-0.39, 0.29) is 5.69 Å². The lowest BCUT2D eigenvalue weighted by molar-refractivity contribution is 0.102. The molecule has 4 aromatic rings. The Hall–Kier alpha value is -3.39. The Morgan fingerprint density at radius 1 is 1.07 bits per heavy atom. The van der Waals surface area contributed by atoms with Crippen LogP contribution in [0.1, 0.15) is 10.5 Å². The first-order valence-electron chi connectivity index (χ1n) is 8.32. The van der Waals surface area contributed by atoms with Crippen LogP contribution in [-0.2, 0) is 7.05 Å². The van der Waals surface area contributed by atoms with E-state index in [1.165, 1.54) is 17.4 Å². The largest absolute Gasteiger partial charge is 0.316 e. The van der Waals surface area contributed by atoms with Gasteiger partial charge < -0.3 is 5.32 Å². The number of aromatic nitrogens is 3. The lowest BCUT2D eigenvalue weighted by atomic mass is 10.1. The summed E-state index contributed by atoms with van der Waals surface area (Å²) in [6.45, 7) is 0. The van der Waals surface area contributed by atoms with Crippen molar-refractivity contribution in [2.45, 2.75) is 0 Å². The SMILES string of the molecule is Cn1nc(C(=O)Nc2c(F)cccc2F)cc1-c1cccc(-c2nccs2)c1. The van der Waals surface area contributed by atoms with Crippen molar-refractivity contribution in [3.05, 3.63) is 77.4 Å². The van der Waals surface area contributed by atoms with E-state index < -0.39 is 23.2 Å². The van der Waals surface area contributed by atoms with E-state index in [2.05, 4.69) is 15.4 Å². The highest BCUT2D eigenvalue weighted by molar-refractivity contribution is 7.13. The maximum absolute atomic E-state index is 13.8. The van der Waals surface area contributed by atoms with Crippen molar-refractivity contribution in [1.82, 2.24) is 14.8 Å². The molecule has 0 spiro atoms. The maximum Gasteiger partial charge on any atom is 0.276 e. The summed E-state index contributed by atoms with van der Waals surface area (Å²) in [5.41, 5.74) is 2.05. The monoisotopic (exact) mass is 396 g/mol. The molecule has 0 fully saturated rings. The fraction of sp³-hybridized carbons (Fsp3) is 0.0500. The number of hydrogen-bond donors (Lipinski definition) is 1. The molecule has 0 unspecified atom stereocenters. The van der Waals surface area contributed by atoms with Gasteiger partial charge in [0.2, 0.25) is 0 Å². The molecule has 0 radical (unpaired) electrons. The van der Waals surface area contributed by atoms with Crippen molar-refractivity contribution in [3.63, 3.8) is 0 Å². The van der Waals surface area contributed by atoms with Crippen LogP contribution in [0.4, 0.5) is 14.5 Å². The zero-order valence-corrected chi connectivity index (χ0v) is 15.5. The van der Waals surface area contributed by atoms with Gasteiger partial charge in [-0.05, 0) is 24.3 Å². The van der Waals surface area contributed by atoms with Crippen molar-refractivity contribution in [3.8, 4) is 21.8 Å². The fourth-order valence-corrected chi connectivity index (χ4v) is 3.46. The van der Waals surface area contributed by atoms with Gasteiger partial charge in [-0.15, -0.1) is 11.3 Å². The topological polar surface area (TPSA) is 59.8 Å². The summed E-state index contributed by atoms with van der Waals surface area (Å²) in [6, 6.07) is 12.7. The van der Waals surface area contributed by atoms with Crippen LogP contribution >= 0.6 is 11.3 Å². The van der Waals surface area contributed by atoms with Crippen LogP contribution in [0.25, 0.3) is 21.8 Å². The Bertz CT molecular complexity index is 1130. The summed E-state index contributed by atoms with van der Waals surface area (Å²) < 4.78 is 29.1. The molecule has 5 nitrogen and oxygen atoms in total. The van der Waals surface area contributed by atoms with Crippen LogP contribution < -0.4 is 5.32 Å². The number of nitrogens with zero attached hydrogens (tertiary/aromatic N) is 3. The molecule has 0 saturated carbocycles. The first-order chi connectivity index (χ1) is 13.5. The first kappa shape index (κ1) is 18.0. The third kappa shape index (κ3) is 3.41. The van der Waals surface area contributed by atoms with Gasteiger partial charge in [0.1, 0.15) is 22.3 Å². The second-order valence-electron chi connectivity index (χ2n) is 6.01. The quantitative estimate of drug-likeness (QED) is 0.542. The van der Waals surface area contributed by atoms with Gasteiger partial charge in [-0.1, -0.05) is 24.3 Å². The van der Waals surface area contributed by atoms with Gasteiger partial charge in [0.15, 0.2) is 5.69 Å². The standard InChI is InChI=1S/C20H14F2N4OS/c1-26-17(12-4-2-5-13(10-12)20-23-8-9-28-20)11-16(25-26)19(27)24-18-14(21)6-3-7-15(18)22/h2-11H,1H3,(H,24,27). The molecular formula is C20H14F2N4OS. The third-order valence-electron chi connectivity index (χ3n) is 4.15. The molecule has 0 bridgehead atoms. The molecule has 0 aliphatic carbocycles. The minimum absolute atomic E-state index is 0.0554. The minimum atomic E-state index is -0.847. The molecule has 28 heavy (non-hydrogen) atoms. The molecule has 2 aromatic heterocycles. The number of hydrogen-bond acceptors (Lipinski definition) is 4. The number of aryl methyl sites for hydroxylation is 1. The van der Waals surface area contributed by atoms with Gasteiger partial charge >= 0.3 is 0 Å². The van der Waals surface area contributed by atoms with E-state index in [1.54, 1.807) is 24.0 Å². The number of para-hydroxylation sites is 1. The van der Waals surface area contributed by atoms with E-state index in [4.69, 9.17) is 0 Å². The molecule has 4 rings (SSSR count). The molecule has 2 aromatic carbocycles. The van der Waals surface area contributed by atoms with E-state index in [1.807, 2.05) is 29.6 Å². The van der Waals surface area contributed by atoms with Crippen molar-refractivity contribution >= 4 is 22.9 Å². The number of rotatable bonds is 4. The Balaban J connectivity index is 1.64. The van der Waals surface area contributed by atoms with E-state index >= 15 is 0 Å². The molecule has 2 heterocycles. The highest BCUT2D eigenvalue weighted by atomic mass is 32.1. The summed E-state index contributed by atoms with van der Waals surface area (Å²) in [5, 5.41) is 9.21. The van der Waals surface area contributed by atoms with Gasteiger partial charge in [-0.2, -0.15) is 5.10 Å². The van der Waals surface area contributed by atoms with Gasteiger partial charge in [0.25, 0.3) is 5.91 Å². The second-order valence-corrected chi connectivity index (χ2v) is 6.90. The van der Waals surface area contributed by atoms with Crippen LogP contribution in [0.5, 0.6) is 0 Å². The van der Waals surface area contributed by atoms with Crippen LogP contribution in [0.2, 0.25) is 0 Å². The van der Waals surface area contributed by atoms with Crippen LogP contribution in [0.3, 0.4) is 0 Å². The number of benzene rings is 2. The maximum atomic E-state index is 13.8. The second kappa shape index (κ2) is 7.32. The highest BCUT2D eigenvalue weighted by Crippen LogP contribution is 2.28. The Morgan fingerprint density at radius 2 is 1.79 bits per heavy atom. The van der Waals surface area contributed by atoms with Gasteiger partial charge in [0, 0.05) is 29.8 Å². The molecule has 0 atom stereocenters. The molecule has 0 aliphatic rings. The number of thiazole rings is 1. The van der Waals surface area contributed by atoms with Crippen molar-refractivity contribution < 1.29 is 13.6 Å². The number of nitrogens with one attached hydrogen (secondary N) is 1. The van der Waals surface area contributed by atoms with Gasteiger partial charge in [-0.3, -0.25) is 9.48 Å².